The van der Waals surface area contributed by atoms with Crippen molar-refractivity contribution in [3.8, 4) is 0 Å². The van der Waals surface area contributed by atoms with Gasteiger partial charge in [-0.15, -0.1) is 5.01 Å². The first-order chi connectivity index (χ1) is 27.5. The summed E-state index contributed by atoms with van der Waals surface area (Å²) in [5.41, 5.74) is -0.125. The van der Waals surface area contributed by atoms with E-state index in [1.54, 1.807) is 78.9 Å². The molecule has 4 amide bonds. The number of carbonyl (C=O) groups excluding carboxylic acids is 6. The quantitative estimate of drug-likeness (QED) is 0.0509. The highest BCUT2D eigenvalue weighted by molar-refractivity contribution is 7.53. The standard InChI is InChI=1S/C41H43ClN3O12P/c1-29(46)43(5)25-35(47)56-39(38(50)53-28-58(52,54-26-30-15-9-6-10-16-30)55-27-31-17-11-7-12-18-31)57-40(51)44(36(48)33-21-23-34(42)24-22-33)45(41(2,3)4)37(49)32-19-13-8-14-20-32/h6-24,39H,25-28H2,1-5H3. The fraction of sp³-hybridized carbons (Fsp3) is 0.268. The van der Waals surface area contributed by atoms with Crippen molar-refractivity contribution in [2.45, 2.75) is 52.7 Å². The molecule has 0 bridgehead atoms. The van der Waals surface area contributed by atoms with Gasteiger partial charge >= 0.3 is 31.9 Å². The fourth-order valence-electron chi connectivity index (χ4n) is 4.91. The smallest absolute Gasteiger partial charge is 0.440 e. The van der Waals surface area contributed by atoms with Crippen molar-refractivity contribution in [1.82, 2.24) is 14.9 Å². The zero-order valence-corrected chi connectivity index (χ0v) is 34.1. The van der Waals surface area contributed by atoms with Crippen LogP contribution in [0.3, 0.4) is 0 Å². The monoisotopic (exact) mass is 835 g/mol. The fourth-order valence-corrected chi connectivity index (χ4v) is 6.24. The number of likely N-dealkylation sites (N-methyl/N-ethyl adjacent to an activating group) is 1. The molecule has 0 heterocycles. The molecule has 0 aliphatic heterocycles. The van der Waals surface area contributed by atoms with Crippen LogP contribution in [0, 0.1) is 0 Å². The third-order valence-electron chi connectivity index (χ3n) is 7.95. The van der Waals surface area contributed by atoms with Crippen molar-refractivity contribution < 1.29 is 56.6 Å². The van der Waals surface area contributed by atoms with E-state index in [-0.39, 0.29) is 29.4 Å². The van der Waals surface area contributed by atoms with Crippen molar-refractivity contribution in [2.75, 3.05) is 19.9 Å². The lowest BCUT2D eigenvalue weighted by atomic mass is 10.1. The highest BCUT2D eigenvalue weighted by atomic mass is 35.5. The molecule has 4 rings (SSSR count). The number of imide groups is 1. The van der Waals surface area contributed by atoms with E-state index in [4.69, 9.17) is 34.9 Å². The van der Waals surface area contributed by atoms with E-state index in [2.05, 4.69) is 0 Å². The maximum absolute atomic E-state index is 14.3. The maximum atomic E-state index is 14.3. The van der Waals surface area contributed by atoms with E-state index in [0.717, 1.165) is 9.91 Å². The van der Waals surface area contributed by atoms with Gasteiger partial charge in [0.1, 0.15) is 6.54 Å². The Labute approximate surface area is 340 Å². The molecule has 4 aromatic rings. The first kappa shape index (κ1) is 44.8. The summed E-state index contributed by atoms with van der Waals surface area (Å²) in [5, 5.41) is 1.44. The van der Waals surface area contributed by atoms with E-state index in [1.807, 2.05) is 0 Å². The SMILES string of the molecule is CC(=O)N(C)CC(=O)OC(OC(=O)N(C(=O)c1ccc(Cl)cc1)N(C(=O)c1ccccc1)C(C)(C)C)C(=O)OCP(=O)(OCc1ccccc1)OCc1ccccc1. The number of nitrogens with zero attached hydrogens (tertiary/aromatic N) is 3. The third-order valence-corrected chi connectivity index (χ3v) is 9.70. The molecular formula is C41H43ClN3O12P. The Bertz CT molecular complexity index is 2050. The van der Waals surface area contributed by atoms with E-state index < -0.39 is 68.1 Å². The van der Waals surface area contributed by atoms with Gasteiger partial charge < -0.3 is 28.2 Å². The Morgan fingerprint density at radius 1 is 0.690 bits per heavy atom. The van der Waals surface area contributed by atoms with Crippen LogP contribution in [0.5, 0.6) is 0 Å². The second kappa shape index (κ2) is 20.5. The summed E-state index contributed by atoms with van der Waals surface area (Å²) in [6.07, 6.45) is -5.28. The van der Waals surface area contributed by atoms with Crippen LogP contribution < -0.4 is 0 Å². The first-order valence-corrected chi connectivity index (χ1v) is 19.8. The van der Waals surface area contributed by atoms with Crippen molar-refractivity contribution in [1.29, 1.82) is 0 Å². The first-order valence-electron chi connectivity index (χ1n) is 17.7. The summed E-state index contributed by atoms with van der Waals surface area (Å²) in [5.74, 6) is -5.27. The van der Waals surface area contributed by atoms with Gasteiger partial charge in [-0.1, -0.05) is 90.5 Å². The molecule has 0 saturated carbocycles. The number of rotatable bonds is 15. The molecule has 0 N–H and O–H groups in total. The van der Waals surface area contributed by atoms with E-state index in [1.165, 1.54) is 71.1 Å². The maximum Gasteiger partial charge on any atom is 0.440 e. The Balaban J connectivity index is 1.69. The Morgan fingerprint density at radius 3 is 1.66 bits per heavy atom. The van der Waals surface area contributed by atoms with Gasteiger partial charge in [0.05, 0.1) is 18.8 Å². The van der Waals surface area contributed by atoms with Crippen molar-refractivity contribution in [3.05, 3.63) is 143 Å². The molecule has 15 nitrogen and oxygen atoms in total. The number of hydrazine groups is 1. The highest BCUT2D eigenvalue weighted by Crippen LogP contribution is 2.50. The molecule has 0 aliphatic rings. The predicted octanol–water partition coefficient (Wildman–Crippen LogP) is 7.25. The van der Waals surface area contributed by atoms with Crippen LogP contribution in [-0.4, -0.2) is 82.4 Å². The van der Waals surface area contributed by atoms with Gasteiger partial charge in [-0.2, -0.15) is 0 Å². The predicted molar refractivity (Wildman–Crippen MR) is 211 cm³/mol. The second-order valence-electron chi connectivity index (χ2n) is 13.6. The van der Waals surface area contributed by atoms with Crippen LogP contribution in [-0.2, 0) is 55.4 Å². The third kappa shape index (κ3) is 13.1. The average Bonchev–Trinajstić information content (AvgIpc) is 3.20. The summed E-state index contributed by atoms with van der Waals surface area (Å²) in [6, 6.07) is 30.4. The largest absolute Gasteiger partial charge is 0.447 e. The summed E-state index contributed by atoms with van der Waals surface area (Å²) < 4.78 is 41.3. The van der Waals surface area contributed by atoms with Crippen LogP contribution in [0.4, 0.5) is 4.79 Å². The lowest BCUT2D eigenvalue weighted by Gasteiger charge is -2.41. The Hall–Kier alpha value is -5.86. The van der Waals surface area contributed by atoms with Gasteiger partial charge in [0.2, 0.25) is 5.91 Å². The highest BCUT2D eigenvalue weighted by Gasteiger charge is 2.44. The van der Waals surface area contributed by atoms with Gasteiger partial charge in [-0.3, -0.25) is 23.7 Å². The van der Waals surface area contributed by atoms with E-state index >= 15 is 0 Å². The van der Waals surface area contributed by atoms with Gasteiger partial charge in [0.25, 0.3) is 11.8 Å². The number of benzene rings is 4. The van der Waals surface area contributed by atoms with Gasteiger partial charge in [0, 0.05) is 30.1 Å². The molecule has 0 aromatic heterocycles. The van der Waals surface area contributed by atoms with Crippen LogP contribution in [0.2, 0.25) is 5.02 Å². The molecule has 0 fully saturated rings. The summed E-state index contributed by atoms with van der Waals surface area (Å²) in [7, 11) is -3.04. The minimum absolute atomic E-state index is 0.0792. The molecule has 306 valence electrons. The summed E-state index contributed by atoms with van der Waals surface area (Å²) >= 11 is 6.05. The number of carbonyl (C=O) groups is 6. The lowest BCUT2D eigenvalue weighted by molar-refractivity contribution is -0.193. The topological polar surface area (TPSA) is 175 Å². The van der Waals surface area contributed by atoms with E-state index in [0.29, 0.717) is 16.1 Å². The molecular weight excluding hydrogens is 793 g/mol. The number of amides is 4. The minimum atomic E-state index is -4.32. The molecule has 17 heteroatoms. The van der Waals surface area contributed by atoms with Crippen LogP contribution in [0.1, 0.15) is 59.5 Å². The molecule has 0 radical (unpaired) electrons. The normalized spacial score (nSPS) is 11.8. The van der Waals surface area contributed by atoms with E-state index in [9.17, 15) is 33.3 Å². The summed E-state index contributed by atoms with van der Waals surface area (Å²) in [6.45, 7) is 4.65. The summed E-state index contributed by atoms with van der Waals surface area (Å²) in [4.78, 5) is 82.2. The number of hydrogen-bond donors (Lipinski definition) is 0. The molecule has 1 unspecified atom stereocenters. The molecule has 0 spiro atoms. The number of hydrogen-bond acceptors (Lipinski definition) is 12. The Morgan fingerprint density at radius 2 is 1.17 bits per heavy atom. The zero-order chi connectivity index (χ0) is 42.5. The molecule has 58 heavy (non-hydrogen) atoms. The Kier molecular flexibility index (Phi) is 15.9. The van der Waals surface area contributed by atoms with Gasteiger partial charge in [0.15, 0.2) is 6.35 Å². The molecule has 4 aromatic carbocycles. The lowest BCUT2D eigenvalue weighted by Crippen LogP contribution is -2.61. The minimum Gasteiger partial charge on any atom is -0.447 e. The van der Waals surface area contributed by atoms with Crippen LogP contribution in [0.15, 0.2) is 115 Å². The van der Waals surface area contributed by atoms with Crippen LogP contribution >= 0.6 is 19.2 Å². The van der Waals surface area contributed by atoms with Crippen LogP contribution in [0.25, 0.3) is 0 Å². The number of ether oxygens (including phenoxy) is 3. The molecule has 0 saturated heterocycles. The van der Waals surface area contributed by atoms with Gasteiger partial charge in [-0.05, 0) is 68.3 Å². The van der Waals surface area contributed by atoms with Crippen molar-refractivity contribution >= 4 is 55.0 Å². The zero-order valence-electron chi connectivity index (χ0n) is 32.4. The molecule has 0 aliphatic carbocycles. The van der Waals surface area contributed by atoms with Gasteiger partial charge in [-0.25, -0.2) is 14.6 Å². The number of halogens is 1. The van der Waals surface area contributed by atoms with Crippen molar-refractivity contribution in [3.63, 3.8) is 0 Å². The second-order valence-corrected chi connectivity index (χ2v) is 16.0. The molecule has 1 atom stereocenters. The number of esters is 2. The van der Waals surface area contributed by atoms with Crippen molar-refractivity contribution in [2.24, 2.45) is 0 Å². The average molecular weight is 836 g/mol.